The van der Waals surface area contributed by atoms with Crippen LogP contribution in [0.3, 0.4) is 0 Å². The summed E-state index contributed by atoms with van der Waals surface area (Å²) in [6.45, 7) is 2.05. The molecule has 1 aliphatic rings. The largest absolute Gasteiger partial charge is 0.357 e. The van der Waals surface area contributed by atoms with Gasteiger partial charge < -0.3 is 9.88 Å². The molecule has 0 bridgehead atoms. The van der Waals surface area contributed by atoms with E-state index in [1.54, 1.807) is 0 Å². The Hall–Kier alpha value is -1.61. The number of hydrogen-bond acceptors (Lipinski definition) is 2. The summed E-state index contributed by atoms with van der Waals surface area (Å²) in [4.78, 5) is 16.7. The van der Waals surface area contributed by atoms with Crippen molar-refractivity contribution >= 4 is 17.2 Å². The lowest BCUT2D eigenvalue weighted by Gasteiger charge is -2.22. The van der Waals surface area contributed by atoms with Crippen molar-refractivity contribution < 1.29 is 4.79 Å². The maximum Gasteiger partial charge on any atom is 0.152 e. The Labute approximate surface area is 94.1 Å². The van der Waals surface area contributed by atoms with Crippen LogP contribution in [-0.2, 0) is 13.0 Å². The molecule has 1 aromatic heterocycles. The predicted molar refractivity (Wildman–Crippen MR) is 63.7 cm³/mol. The van der Waals surface area contributed by atoms with Gasteiger partial charge >= 0.3 is 0 Å². The van der Waals surface area contributed by atoms with E-state index >= 15 is 0 Å². The van der Waals surface area contributed by atoms with Gasteiger partial charge in [-0.15, -0.1) is 0 Å². The summed E-state index contributed by atoms with van der Waals surface area (Å²) in [5.41, 5.74) is 4.40. The summed E-state index contributed by atoms with van der Waals surface area (Å²) in [6.07, 6.45) is 1.97. The molecule has 0 unspecified atom stereocenters. The number of para-hydroxylation sites is 1. The first-order valence-electron chi connectivity index (χ1n) is 5.56. The molecule has 3 nitrogen and oxygen atoms in total. The number of likely N-dealkylation sites (N-methyl/N-ethyl adjacent to an activating group) is 1. The zero-order valence-corrected chi connectivity index (χ0v) is 9.29. The maximum absolute atomic E-state index is 11.0. The Morgan fingerprint density at radius 2 is 2.31 bits per heavy atom. The summed E-state index contributed by atoms with van der Waals surface area (Å²) in [6, 6.07) is 5.91. The molecule has 2 heterocycles. The van der Waals surface area contributed by atoms with Crippen LogP contribution in [0.4, 0.5) is 0 Å². The first-order chi connectivity index (χ1) is 7.79. The molecule has 82 valence electrons. The Balaban J connectivity index is 2.29. The maximum atomic E-state index is 11.0. The molecule has 0 spiro atoms. The van der Waals surface area contributed by atoms with Gasteiger partial charge in [0.1, 0.15) is 0 Å². The van der Waals surface area contributed by atoms with E-state index in [1.165, 1.54) is 16.6 Å². The second-order valence-electron chi connectivity index (χ2n) is 4.46. The monoisotopic (exact) mass is 214 g/mol. The molecule has 2 aromatic rings. The number of nitrogens with one attached hydrogen (secondary N) is 1. The average Bonchev–Trinajstić information content (AvgIpc) is 2.67. The van der Waals surface area contributed by atoms with Gasteiger partial charge in [-0.1, -0.05) is 12.1 Å². The van der Waals surface area contributed by atoms with Crippen LogP contribution in [0.15, 0.2) is 18.2 Å². The lowest BCUT2D eigenvalue weighted by molar-refractivity contribution is 0.112. The van der Waals surface area contributed by atoms with Gasteiger partial charge in [0.15, 0.2) is 6.29 Å². The van der Waals surface area contributed by atoms with Gasteiger partial charge in [-0.25, -0.2) is 0 Å². The average molecular weight is 214 g/mol. The van der Waals surface area contributed by atoms with Gasteiger partial charge in [0.05, 0.1) is 5.52 Å². The molecule has 0 radical (unpaired) electrons. The zero-order chi connectivity index (χ0) is 11.1. The third-order valence-electron chi connectivity index (χ3n) is 3.36. The van der Waals surface area contributed by atoms with Crippen LogP contribution in [0.5, 0.6) is 0 Å². The lowest BCUT2D eigenvalue weighted by Crippen LogP contribution is -2.25. The van der Waals surface area contributed by atoms with E-state index in [9.17, 15) is 4.79 Å². The molecule has 0 saturated carbocycles. The minimum absolute atomic E-state index is 0.759. The summed E-state index contributed by atoms with van der Waals surface area (Å²) in [5.74, 6) is 0. The SMILES string of the molecule is CN1CCc2[nH]c3c(C=O)cccc3c2C1. The molecule has 0 atom stereocenters. The molecule has 0 amide bonds. The minimum atomic E-state index is 0.759. The number of benzene rings is 1. The van der Waals surface area contributed by atoms with Crippen LogP contribution in [0, 0.1) is 0 Å². The van der Waals surface area contributed by atoms with Crippen LogP contribution < -0.4 is 0 Å². The molecule has 3 heteroatoms. The highest BCUT2D eigenvalue weighted by atomic mass is 16.1. The van der Waals surface area contributed by atoms with Crippen molar-refractivity contribution in [2.24, 2.45) is 0 Å². The highest BCUT2D eigenvalue weighted by Gasteiger charge is 2.18. The number of hydrogen-bond donors (Lipinski definition) is 1. The van der Waals surface area contributed by atoms with Crippen LogP contribution >= 0.6 is 0 Å². The molecule has 16 heavy (non-hydrogen) atoms. The van der Waals surface area contributed by atoms with Gasteiger partial charge in [-0.3, -0.25) is 4.79 Å². The number of fused-ring (bicyclic) bond motifs is 3. The van der Waals surface area contributed by atoms with Crippen molar-refractivity contribution in [3.8, 4) is 0 Å². The second kappa shape index (κ2) is 3.46. The normalized spacial score (nSPS) is 16.3. The predicted octanol–water partition coefficient (Wildman–Crippen LogP) is 1.97. The van der Waals surface area contributed by atoms with Crippen molar-refractivity contribution in [1.82, 2.24) is 9.88 Å². The van der Waals surface area contributed by atoms with E-state index in [-0.39, 0.29) is 0 Å². The van der Waals surface area contributed by atoms with Crippen molar-refractivity contribution in [3.05, 3.63) is 35.0 Å². The van der Waals surface area contributed by atoms with Gasteiger partial charge in [0.25, 0.3) is 0 Å². The van der Waals surface area contributed by atoms with Crippen LogP contribution in [0.2, 0.25) is 0 Å². The van der Waals surface area contributed by atoms with Crippen molar-refractivity contribution in [2.45, 2.75) is 13.0 Å². The van der Waals surface area contributed by atoms with E-state index in [0.717, 1.165) is 36.9 Å². The molecule has 0 aliphatic carbocycles. The van der Waals surface area contributed by atoms with E-state index in [4.69, 9.17) is 0 Å². The Morgan fingerprint density at radius 3 is 3.12 bits per heavy atom. The molecule has 0 fully saturated rings. The van der Waals surface area contributed by atoms with Gasteiger partial charge in [-0.2, -0.15) is 0 Å². The van der Waals surface area contributed by atoms with E-state index in [2.05, 4.69) is 23.0 Å². The fourth-order valence-corrected chi connectivity index (χ4v) is 2.49. The smallest absolute Gasteiger partial charge is 0.152 e. The quantitative estimate of drug-likeness (QED) is 0.737. The number of nitrogens with zero attached hydrogens (tertiary/aromatic N) is 1. The second-order valence-corrected chi connectivity index (χ2v) is 4.46. The molecule has 1 aromatic carbocycles. The lowest BCUT2D eigenvalue weighted by atomic mass is 10.0. The number of carbonyl (C=O) groups excluding carboxylic acids is 1. The third kappa shape index (κ3) is 1.28. The van der Waals surface area contributed by atoms with Gasteiger partial charge in [0, 0.05) is 36.2 Å². The number of aldehydes is 1. The van der Waals surface area contributed by atoms with Crippen LogP contribution in [0.1, 0.15) is 21.6 Å². The fourth-order valence-electron chi connectivity index (χ4n) is 2.49. The molecule has 1 N–H and O–H groups in total. The minimum Gasteiger partial charge on any atom is -0.357 e. The number of aromatic nitrogens is 1. The van der Waals surface area contributed by atoms with Crippen molar-refractivity contribution in [3.63, 3.8) is 0 Å². The molecule has 3 rings (SSSR count). The fraction of sp³-hybridized carbons (Fsp3) is 0.308. The standard InChI is InChI=1S/C13H14N2O/c1-15-6-5-12-11(7-15)10-4-2-3-9(8-16)13(10)14-12/h2-4,8,14H,5-7H2,1H3. The van der Waals surface area contributed by atoms with Gasteiger partial charge in [0.2, 0.25) is 0 Å². The molecule has 1 aliphatic heterocycles. The van der Waals surface area contributed by atoms with E-state index in [1.807, 2.05) is 12.1 Å². The summed E-state index contributed by atoms with van der Waals surface area (Å²) in [5, 5.41) is 1.20. The van der Waals surface area contributed by atoms with Crippen LogP contribution in [0.25, 0.3) is 10.9 Å². The summed E-state index contributed by atoms with van der Waals surface area (Å²) in [7, 11) is 2.13. The zero-order valence-electron chi connectivity index (χ0n) is 9.29. The number of rotatable bonds is 1. The first kappa shape index (κ1) is 9.60. The summed E-state index contributed by atoms with van der Waals surface area (Å²) < 4.78 is 0. The number of H-pyrrole nitrogens is 1. The Morgan fingerprint density at radius 1 is 1.44 bits per heavy atom. The highest BCUT2D eigenvalue weighted by Crippen LogP contribution is 2.28. The highest BCUT2D eigenvalue weighted by molar-refractivity contribution is 5.98. The Bertz CT molecular complexity index is 556. The van der Waals surface area contributed by atoms with Gasteiger partial charge in [-0.05, 0) is 18.7 Å². The van der Waals surface area contributed by atoms with E-state index < -0.39 is 0 Å². The van der Waals surface area contributed by atoms with E-state index in [0.29, 0.717) is 0 Å². The third-order valence-corrected chi connectivity index (χ3v) is 3.36. The topological polar surface area (TPSA) is 36.1 Å². The molecular formula is C13H14N2O. The molecular weight excluding hydrogens is 200 g/mol. The number of aromatic amines is 1. The van der Waals surface area contributed by atoms with Crippen LogP contribution in [-0.4, -0.2) is 29.8 Å². The first-order valence-corrected chi connectivity index (χ1v) is 5.56. The summed E-state index contributed by atoms with van der Waals surface area (Å²) >= 11 is 0. The Kier molecular flexibility index (Phi) is 2.07. The molecule has 0 saturated heterocycles. The van der Waals surface area contributed by atoms with Crippen molar-refractivity contribution in [2.75, 3.05) is 13.6 Å². The number of carbonyl (C=O) groups is 1. The van der Waals surface area contributed by atoms with Crippen molar-refractivity contribution in [1.29, 1.82) is 0 Å².